The van der Waals surface area contributed by atoms with Gasteiger partial charge < -0.3 is 10.6 Å². The maximum atomic E-state index is 13.4. The lowest BCUT2D eigenvalue weighted by Gasteiger charge is -2.08. The first-order valence-electron chi connectivity index (χ1n) is 7.06. The molecular weight excluding hydrogens is 410 g/mol. The molecule has 0 radical (unpaired) electrons. The number of rotatable bonds is 5. The largest absolute Gasteiger partial charge is 0.350 e. The highest BCUT2D eigenvalue weighted by atomic mass is 127. The van der Waals surface area contributed by atoms with Crippen LogP contribution in [0.15, 0.2) is 42.5 Å². The first-order chi connectivity index (χ1) is 11.0. The normalized spacial score (nSPS) is 10.2. The Morgan fingerprint density at radius 3 is 2.35 bits per heavy atom. The standard InChI is InChI=1S/C17H16FIN2O2/c1-11-6-7-12(10-14(11)18)16(22)20-8-9-21-17(23)13-4-2-3-5-15(13)19/h2-7,10H,8-9H2,1H3,(H,20,22)(H,21,23). The summed E-state index contributed by atoms with van der Waals surface area (Å²) in [6.45, 7) is 2.20. The van der Waals surface area contributed by atoms with Gasteiger partial charge in [0.25, 0.3) is 11.8 Å². The smallest absolute Gasteiger partial charge is 0.252 e. The van der Waals surface area contributed by atoms with E-state index in [9.17, 15) is 14.0 Å². The van der Waals surface area contributed by atoms with E-state index in [0.29, 0.717) is 17.7 Å². The fourth-order valence-electron chi connectivity index (χ4n) is 1.93. The Hall–Kier alpha value is -1.96. The summed E-state index contributed by atoms with van der Waals surface area (Å²) in [5.41, 5.74) is 1.35. The van der Waals surface area contributed by atoms with E-state index in [1.54, 1.807) is 31.2 Å². The van der Waals surface area contributed by atoms with E-state index in [4.69, 9.17) is 0 Å². The third kappa shape index (κ3) is 4.75. The second kappa shape index (κ2) is 8.05. The highest BCUT2D eigenvalue weighted by Crippen LogP contribution is 2.11. The van der Waals surface area contributed by atoms with Crippen LogP contribution < -0.4 is 10.6 Å². The van der Waals surface area contributed by atoms with Gasteiger partial charge in [0.15, 0.2) is 0 Å². The van der Waals surface area contributed by atoms with E-state index in [1.165, 1.54) is 6.07 Å². The topological polar surface area (TPSA) is 58.2 Å². The van der Waals surface area contributed by atoms with Crippen LogP contribution in [0.5, 0.6) is 0 Å². The summed E-state index contributed by atoms with van der Waals surface area (Å²) < 4.78 is 14.3. The van der Waals surface area contributed by atoms with Gasteiger partial charge in [0.2, 0.25) is 0 Å². The Kier molecular flexibility index (Phi) is 6.09. The van der Waals surface area contributed by atoms with Crippen LogP contribution >= 0.6 is 22.6 Å². The molecule has 2 N–H and O–H groups in total. The van der Waals surface area contributed by atoms with Crippen LogP contribution in [0.25, 0.3) is 0 Å². The molecule has 2 rings (SSSR count). The molecule has 0 saturated carbocycles. The lowest BCUT2D eigenvalue weighted by molar-refractivity contribution is 0.0927. The van der Waals surface area contributed by atoms with Crippen molar-refractivity contribution in [3.8, 4) is 0 Å². The molecule has 0 heterocycles. The molecule has 0 aromatic heterocycles. The van der Waals surface area contributed by atoms with Gasteiger partial charge in [-0.15, -0.1) is 0 Å². The van der Waals surface area contributed by atoms with Crippen LogP contribution in [0.3, 0.4) is 0 Å². The van der Waals surface area contributed by atoms with Gasteiger partial charge in [-0.05, 0) is 59.3 Å². The molecule has 2 amide bonds. The number of hydrogen-bond acceptors (Lipinski definition) is 2. The summed E-state index contributed by atoms with van der Waals surface area (Å²) in [5, 5.41) is 5.38. The van der Waals surface area contributed by atoms with Crippen LogP contribution in [-0.2, 0) is 0 Å². The van der Waals surface area contributed by atoms with Gasteiger partial charge in [0.05, 0.1) is 5.56 Å². The van der Waals surface area contributed by atoms with Crippen molar-refractivity contribution in [2.75, 3.05) is 13.1 Å². The maximum absolute atomic E-state index is 13.4. The van der Waals surface area contributed by atoms with Crippen LogP contribution in [0.4, 0.5) is 4.39 Å². The molecule has 120 valence electrons. The Labute approximate surface area is 147 Å². The zero-order valence-corrected chi connectivity index (χ0v) is 14.7. The van der Waals surface area contributed by atoms with Crippen molar-refractivity contribution in [1.82, 2.24) is 10.6 Å². The lowest BCUT2D eigenvalue weighted by Crippen LogP contribution is -2.35. The highest BCUT2D eigenvalue weighted by molar-refractivity contribution is 14.1. The van der Waals surface area contributed by atoms with E-state index in [-0.39, 0.29) is 23.9 Å². The summed E-state index contributed by atoms with van der Waals surface area (Å²) >= 11 is 2.09. The van der Waals surface area contributed by atoms with E-state index in [2.05, 4.69) is 33.2 Å². The number of amides is 2. The zero-order valence-electron chi connectivity index (χ0n) is 12.5. The average molecular weight is 426 g/mol. The molecule has 2 aromatic rings. The Bertz CT molecular complexity index is 734. The predicted molar refractivity (Wildman–Crippen MR) is 95.0 cm³/mol. The van der Waals surface area contributed by atoms with Crippen molar-refractivity contribution < 1.29 is 14.0 Å². The van der Waals surface area contributed by atoms with Gasteiger partial charge in [-0.25, -0.2) is 4.39 Å². The molecule has 2 aromatic carbocycles. The minimum absolute atomic E-state index is 0.189. The van der Waals surface area contributed by atoms with Gasteiger partial charge in [0.1, 0.15) is 5.82 Å². The number of carbonyl (C=O) groups excluding carboxylic acids is 2. The van der Waals surface area contributed by atoms with Crippen LogP contribution in [0.1, 0.15) is 26.3 Å². The molecule has 0 saturated heterocycles. The summed E-state index contributed by atoms with van der Waals surface area (Å²) in [6.07, 6.45) is 0. The first kappa shape index (κ1) is 17.4. The van der Waals surface area contributed by atoms with Gasteiger partial charge in [0, 0.05) is 22.2 Å². The van der Waals surface area contributed by atoms with Crippen molar-refractivity contribution in [2.24, 2.45) is 0 Å². The monoisotopic (exact) mass is 426 g/mol. The summed E-state index contributed by atoms with van der Waals surface area (Å²) in [7, 11) is 0. The lowest BCUT2D eigenvalue weighted by atomic mass is 10.1. The Morgan fingerprint density at radius 1 is 1.04 bits per heavy atom. The number of halogens is 2. The predicted octanol–water partition coefficient (Wildman–Crippen LogP) is 2.90. The quantitative estimate of drug-likeness (QED) is 0.571. The molecule has 0 aliphatic rings. The minimum atomic E-state index is -0.412. The molecule has 0 atom stereocenters. The van der Waals surface area contributed by atoms with Crippen molar-refractivity contribution in [3.05, 3.63) is 68.5 Å². The molecule has 0 aliphatic heterocycles. The molecule has 4 nitrogen and oxygen atoms in total. The fourth-order valence-corrected chi connectivity index (χ4v) is 2.56. The van der Waals surface area contributed by atoms with E-state index in [0.717, 1.165) is 3.57 Å². The van der Waals surface area contributed by atoms with Gasteiger partial charge in [-0.2, -0.15) is 0 Å². The van der Waals surface area contributed by atoms with Crippen LogP contribution in [-0.4, -0.2) is 24.9 Å². The first-order valence-corrected chi connectivity index (χ1v) is 8.14. The number of hydrogen-bond donors (Lipinski definition) is 2. The molecule has 0 fully saturated rings. The number of carbonyl (C=O) groups is 2. The van der Waals surface area contributed by atoms with Crippen LogP contribution in [0, 0.1) is 16.3 Å². The maximum Gasteiger partial charge on any atom is 0.252 e. The zero-order chi connectivity index (χ0) is 16.8. The SMILES string of the molecule is Cc1ccc(C(=O)NCCNC(=O)c2ccccc2I)cc1F. The van der Waals surface area contributed by atoms with Gasteiger partial charge in [-0.3, -0.25) is 9.59 Å². The third-order valence-electron chi connectivity index (χ3n) is 3.25. The number of aryl methyl sites for hydroxylation is 1. The third-order valence-corrected chi connectivity index (χ3v) is 4.19. The molecule has 6 heteroatoms. The van der Waals surface area contributed by atoms with Crippen LogP contribution in [0.2, 0.25) is 0 Å². The van der Waals surface area contributed by atoms with Crippen molar-refractivity contribution in [1.29, 1.82) is 0 Å². The summed E-state index contributed by atoms with van der Waals surface area (Å²) in [6, 6.07) is 11.6. The summed E-state index contributed by atoms with van der Waals surface area (Å²) in [5.74, 6) is -0.970. The second-order valence-electron chi connectivity index (χ2n) is 4.96. The molecule has 23 heavy (non-hydrogen) atoms. The van der Waals surface area contributed by atoms with Gasteiger partial charge in [-0.1, -0.05) is 18.2 Å². The molecule has 0 unspecified atom stereocenters. The van der Waals surface area contributed by atoms with Gasteiger partial charge >= 0.3 is 0 Å². The minimum Gasteiger partial charge on any atom is -0.350 e. The highest BCUT2D eigenvalue weighted by Gasteiger charge is 2.10. The molecule has 0 bridgehead atoms. The van der Waals surface area contributed by atoms with E-state index >= 15 is 0 Å². The van der Waals surface area contributed by atoms with E-state index in [1.807, 2.05) is 12.1 Å². The van der Waals surface area contributed by atoms with Crippen molar-refractivity contribution >= 4 is 34.4 Å². The second-order valence-corrected chi connectivity index (χ2v) is 6.12. The van der Waals surface area contributed by atoms with Crippen molar-refractivity contribution in [2.45, 2.75) is 6.92 Å². The Balaban J connectivity index is 1.81. The van der Waals surface area contributed by atoms with Crippen molar-refractivity contribution in [3.63, 3.8) is 0 Å². The fraction of sp³-hybridized carbons (Fsp3) is 0.176. The number of benzene rings is 2. The molecule has 0 aliphatic carbocycles. The Morgan fingerprint density at radius 2 is 1.70 bits per heavy atom. The van der Waals surface area contributed by atoms with E-state index < -0.39 is 5.82 Å². The average Bonchev–Trinajstić information content (AvgIpc) is 2.54. The molecule has 0 spiro atoms. The number of nitrogens with one attached hydrogen (secondary N) is 2. The molecular formula is C17H16FIN2O2. The summed E-state index contributed by atoms with van der Waals surface area (Å²) in [4.78, 5) is 23.9.